The predicted octanol–water partition coefficient (Wildman–Crippen LogP) is 0.395. The summed E-state index contributed by atoms with van der Waals surface area (Å²) < 4.78 is 0. The second kappa shape index (κ2) is 6.15. The highest BCUT2D eigenvalue weighted by Gasteiger charge is 1.89. The minimum absolute atomic E-state index is 0. The van der Waals surface area contributed by atoms with Gasteiger partial charge in [0.25, 0.3) is 0 Å². The summed E-state index contributed by atoms with van der Waals surface area (Å²) in [5.41, 5.74) is 5.78. The monoisotopic (exact) mass is 197 g/mol. The highest BCUT2D eigenvalue weighted by atomic mass is 35.5. The molecule has 0 spiro atoms. The molecule has 0 fully saturated rings. The first kappa shape index (κ1) is 13.0. The van der Waals surface area contributed by atoms with Crippen LogP contribution in [0, 0.1) is 0 Å². The molecule has 0 aliphatic carbocycles. The zero-order valence-electron chi connectivity index (χ0n) is 5.60. The summed E-state index contributed by atoms with van der Waals surface area (Å²) in [5.74, 6) is 0.393. The van der Waals surface area contributed by atoms with Gasteiger partial charge >= 0.3 is 0 Å². The lowest BCUT2D eigenvalue weighted by Gasteiger charge is -1.92. The van der Waals surface area contributed by atoms with Crippen molar-refractivity contribution in [2.75, 3.05) is 5.73 Å². The van der Waals surface area contributed by atoms with E-state index in [1.54, 1.807) is 0 Å². The van der Waals surface area contributed by atoms with Gasteiger partial charge in [0.15, 0.2) is 5.82 Å². The SMILES string of the molecule is Cl.Cl.Nc1cnc(CO)nc1. The first-order valence-corrected chi connectivity index (χ1v) is 2.50. The van der Waals surface area contributed by atoms with Gasteiger partial charge in [-0.3, -0.25) is 0 Å². The van der Waals surface area contributed by atoms with Gasteiger partial charge in [0.05, 0.1) is 18.1 Å². The van der Waals surface area contributed by atoms with E-state index in [0.29, 0.717) is 11.5 Å². The van der Waals surface area contributed by atoms with Gasteiger partial charge < -0.3 is 10.8 Å². The zero-order chi connectivity index (χ0) is 6.69. The van der Waals surface area contributed by atoms with E-state index in [0.717, 1.165) is 0 Å². The number of aliphatic hydroxyl groups is 1. The van der Waals surface area contributed by atoms with Crippen LogP contribution in [0.5, 0.6) is 0 Å². The third-order valence-corrected chi connectivity index (χ3v) is 0.867. The van der Waals surface area contributed by atoms with E-state index < -0.39 is 0 Å². The number of aromatic nitrogens is 2. The maximum absolute atomic E-state index is 8.46. The standard InChI is InChI=1S/C5H7N3O.2ClH/c6-4-1-7-5(3-9)8-2-4;;/h1-2,9H,3,6H2;2*1H. The van der Waals surface area contributed by atoms with E-state index in [2.05, 4.69) is 9.97 Å². The first-order chi connectivity index (χ1) is 4.33. The molecule has 0 aliphatic heterocycles. The molecule has 0 atom stereocenters. The smallest absolute Gasteiger partial charge is 0.153 e. The number of nitrogens with two attached hydrogens (primary N) is 1. The number of rotatable bonds is 1. The van der Waals surface area contributed by atoms with Crippen LogP contribution in [-0.4, -0.2) is 15.1 Å². The van der Waals surface area contributed by atoms with Crippen LogP contribution in [0.1, 0.15) is 5.82 Å². The largest absolute Gasteiger partial charge is 0.396 e. The van der Waals surface area contributed by atoms with Gasteiger partial charge in [0, 0.05) is 0 Å². The predicted molar refractivity (Wildman–Crippen MR) is 46.9 cm³/mol. The van der Waals surface area contributed by atoms with Gasteiger partial charge in [0.2, 0.25) is 0 Å². The highest BCUT2D eigenvalue weighted by molar-refractivity contribution is 5.85. The third kappa shape index (κ3) is 3.98. The van der Waals surface area contributed by atoms with Crippen molar-refractivity contribution in [2.24, 2.45) is 0 Å². The molecular formula is C5H9Cl2N3O. The third-order valence-electron chi connectivity index (χ3n) is 0.867. The van der Waals surface area contributed by atoms with E-state index >= 15 is 0 Å². The lowest BCUT2D eigenvalue weighted by Crippen LogP contribution is -1.95. The van der Waals surface area contributed by atoms with Crippen molar-refractivity contribution in [1.82, 2.24) is 9.97 Å². The number of hydrogen-bond donors (Lipinski definition) is 2. The Bertz CT molecular complexity index is 191. The van der Waals surface area contributed by atoms with Crippen LogP contribution in [0.3, 0.4) is 0 Å². The van der Waals surface area contributed by atoms with Crippen molar-refractivity contribution in [2.45, 2.75) is 6.61 Å². The number of nitrogen functional groups attached to an aromatic ring is 1. The second-order valence-electron chi connectivity index (χ2n) is 1.59. The Morgan fingerprint density at radius 1 is 1.27 bits per heavy atom. The highest BCUT2D eigenvalue weighted by Crippen LogP contribution is 1.94. The molecule has 0 radical (unpaired) electrons. The Morgan fingerprint density at radius 3 is 2.09 bits per heavy atom. The van der Waals surface area contributed by atoms with Gasteiger partial charge in [-0.1, -0.05) is 0 Å². The summed E-state index contributed by atoms with van der Waals surface area (Å²) in [5, 5.41) is 8.46. The maximum Gasteiger partial charge on any atom is 0.153 e. The van der Waals surface area contributed by atoms with Crippen LogP contribution in [0.15, 0.2) is 12.4 Å². The fraction of sp³-hybridized carbons (Fsp3) is 0.200. The molecule has 1 aromatic heterocycles. The minimum atomic E-state index is -0.139. The van der Waals surface area contributed by atoms with Crippen molar-refractivity contribution in [1.29, 1.82) is 0 Å². The molecule has 0 saturated carbocycles. The van der Waals surface area contributed by atoms with Gasteiger partial charge in [-0.25, -0.2) is 9.97 Å². The Morgan fingerprint density at radius 2 is 1.73 bits per heavy atom. The molecule has 4 nitrogen and oxygen atoms in total. The molecular weight excluding hydrogens is 189 g/mol. The molecule has 0 unspecified atom stereocenters. The first-order valence-electron chi connectivity index (χ1n) is 2.50. The minimum Gasteiger partial charge on any atom is -0.396 e. The Labute approximate surface area is 76.7 Å². The number of nitrogens with zero attached hydrogens (tertiary/aromatic N) is 2. The average Bonchev–Trinajstić information content (AvgIpc) is 1.90. The topological polar surface area (TPSA) is 72.0 Å². The molecule has 11 heavy (non-hydrogen) atoms. The van der Waals surface area contributed by atoms with Crippen molar-refractivity contribution in [3.63, 3.8) is 0 Å². The molecule has 0 saturated heterocycles. The van der Waals surface area contributed by atoms with Gasteiger partial charge in [-0.05, 0) is 0 Å². The van der Waals surface area contributed by atoms with Crippen LogP contribution in [0.25, 0.3) is 0 Å². The molecule has 1 heterocycles. The van der Waals surface area contributed by atoms with E-state index in [4.69, 9.17) is 10.8 Å². The summed E-state index contributed by atoms with van der Waals surface area (Å²) in [6.07, 6.45) is 2.91. The number of halogens is 2. The quantitative estimate of drug-likeness (QED) is 0.684. The molecule has 0 aliphatic rings. The van der Waals surface area contributed by atoms with Crippen molar-refractivity contribution in [3.05, 3.63) is 18.2 Å². The number of aliphatic hydroxyl groups excluding tert-OH is 1. The van der Waals surface area contributed by atoms with Crippen LogP contribution < -0.4 is 5.73 Å². The Hall–Kier alpha value is -0.580. The summed E-state index contributed by atoms with van der Waals surface area (Å²) in [6, 6.07) is 0. The van der Waals surface area contributed by atoms with Crippen LogP contribution in [-0.2, 0) is 6.61 Å². The summed E-state index contributed by atoms with van der Waals surface area (Å²) >= 11 is 0. The molecule has 0 aromatic carbocycles. The normalized spacial score (nSPS) is 7.73. The van der Waals surface area contributed by atoms with E-state index in [9.17, 15) is 0 Å². The molecule has 0 amide bonds. The summed E-state index contributed by atoms with van der Waals surface area (Å²) in [4.78, 5) is 7.42. The number of anilines is 1. The van der Waals surface area contributed by atoms with Crippen LogP contribution in [0.2, 0.25) is 0 Å². The molecule has 0 bridgehead atoms. The molecule has 1 rings (SSSR count). The fourth-order valence-electron chi connectivity index (χ4n) is 0.446. The Kier molecular flexibility index (Phi) is 7.29. The van der Waals surface area contributed by atoms with E-state index in [-0.39, 0.29) is 31.4 Å². The van der Waals surface area contributed by atoms with Crippen molar-refractivity contribution in [3.8, 4) is 0 Å². The maximum atomic E-state index is 8.46. The summed E-state index contributed by atoms with van der Waals surface area (Å²) in [6.45, 7) is -0.139. The lowest BCUT2D eigenvalue weighted by atomic mass is 10.5. The molecule has 6 heteroatoms. The fourth-order valence-corrected chi connectivity index (χ4v) is 0.446. The van der Waals surface area contributed by atoms with Crippen molar-refractivity contribution >= 4 is 30.5 Å². The average molecular weight is 198 g/mol. The lowest BCUT2D eigenvalue weighted by molar-refractivity contribution is 0.271. The van der Waals surface area contributed by atoms with Gasteiger partial charge in [-0.15, -0.1) is 24.8 Å². The van der Waals surface area contributed by atoms with Gasteiger partial charge in [-0.2, -0.15) is 0 Å². The molecule has 1 aromatic rings. The molecule has 3 N–H and O–H groups in total. The van der Waals surface area contributed by atoms with Gasteiger partial charge in [0.1, 0.15) is 6.61 Å². The van der Waals surface area contributed by atoms with E-state index in [1.807, 2.05) is 0 Å². The Balaban J connectivity index is 0. The number of hydrogen-bond acceptors (Lipinski definition) is 4. The van der Waals surface area contributed by atoms with Crippen molar-refractivity contribution < 1.29 is 5.11 Å². The van der Waals surface area contributed by atoms with Crippen LogP contribution in [0.4, 0.5) is 5.69 Å². The second-order valence-corrected chi connectivity index (χ2v) is 1.59. The summed E-state index contributed by atoms with van der Waals surface area (Å²) in [7, 11) is 0. The van der Waals surface area contributed by atoms with E-state index in [1.165, 1.54) is 12.4 Å². The zero-order valence-corrected chi connectivity index (χ0v) is 7.23. The van der Waals surface area contributed by atoms with Crippen LogP contribution >= 0.6 is 24.8 Å². The molecule has 64 valence electrons.